The van der Waals surface area contributed by atoms with Crippen LogP contribution in [0.5, 0.6) is 0 Å². The van der Waals surface area contributed by atoms with Crippen LogP contribution in [-0.4, -0.2) is 16.6 Å². The molecule has 1 amide bonds. The third kappa shape index (κ3) is 5.39. The zero-order valence-corrected chi connectivity index (χ0v) is 17.9. The summed E-state index contributed by atoms with van der Waals surface area (Å²) in [6, 6.07) is 7.66. The van der Waals surface area contributed by atoms with Gasteiger partial charge in [0.15, 0.2) is 0 Å². The smallest absolute Gasteiger partial charge is 0.234 e. The van der Waals surface area contributed by atoms with Gasteiger partial charge in [-0.1, -0.05) is 0 Å². The van der Waals surface area contributed by atoms with Gasteiger partial charge < -0.3 is 11.1 Å². The molecule has 0 atom stereocenters. The fraction of sp³-hybridized carbons (Fsp3) is 0.0769. The van der Waals surface area contributed by atoms with Crippen molar-refractivity contribution in [1.82, 2.24) is 4.98 Å². The normalized spacial score (nSPS) is 10.4. The third-order valence-corrected chi connectivity index (χ3v) is 5.71. The van der Waals surface area contributed by atoms with Crippen LogP contribution in [0, 0.1) is 10.7 Å². The minimum absolute atomic E-state index is 0.0335. The van der Waals surface area contributed by atoms with E-state index in [-0.39, 0.29) is 5.91 Å². The number of benzene rings is 1. The first kappa shape index (κ1) is 17.5. The summed E-state index contributed by atoms with van der Waals surface area (Å²) in [6.45, 7) is 0. The first-order chi connectivity index (χ1) is 9.95. The van der Waals surface area contributed by atoms with Crippen LogP contribution < -0.4 is 11.1 Å². The van der Waals surface area contributed by atoms with Gasteiger partial charge in [-0.15, -0.1) is 11.8 Å². The lowest BCUT2D eigenvalue weighted by molar-refractivity contribution is -0.113. The molecule has 1 aromatic heterocycles. The Morgan fingerprint density at radius 2 is 1.90 bits per heavy atom. The van der Waals surface area contributed by atoms with Crippen LogP contribution in [0.3, 0.4) is 0 Å². The number of halogens is 3. The van der Waals surface area contributed by atoms with Crippen LogP contribution in [0.25, 0.3) is 0 Å². The second-order valence-electron chi connectivity index (χ2n) is 4.00. The van der Waals surface area contributed by atoms with Crippen LogP contribution in [0.1, 0.15) is 0 Å². The molecular weight excluding hydrogens is 627 g/mol. The summed E-state index contributed by atoms with van der Waals surface area (Å²) < 4.78 is 3.23. The lowest BCUT2D eigenvalue weighted by atomic mass is 10.3. The maximum absolute atomic E-state index is 12.1. The molecule has 0 fully saturated rings. The van der Waals surface area contributed by atoms with Crippen molar-refractivity contribution in [2.45, 2.75) is 4.90 Å². The number of hydrogen-bond donors (Lipinski definition) is 2. The molecule has 0 aliphatic rings. The molecule has 0 bridgehead atoms. The lowest BCUT2D eigenvalue weighted by Crippen LogP contribution is -2.16. The number of hydrogen-bond acceptors (Lipinski definition) is 4. The van der Waals surface area contributed by atoms with Crippen molar-refractivity contribution >= 4 is 96.9 Å². The maximum Gasteiger partial charge on any atom is 0.234 e. The molecular formula is C13H10I3N3OS. The molecule has 0 spiro atoms. The van der Waals surface area contributed by atoms with E-state index in [1.54, 1.807) is 12.3 Å². The van der Waals surface area contributed by atoms with E-state index in [9.17, 15) is 4.79 Å². The Kier molecular flexibility index (Phi) is 6.80. The molecule has 21 heavy (non-hydrogen) atoms. The second-order valence-corrected chi connectivity index (χ2v) is 8.62. The molecule has 1 aromatic carbocycles. The molecule has 2 aromatic rings. The van der Waals surface area contributed by atoms with E-state index in [1.807, 2.05) is 18.2 Å². The van der Waals surface area contributed by atoms with Gasteiger partial charge in [-0.25, -0.2) is 4.98 Å². The van der Waals surface area contributed by atoms with Crippen LogP contribution in [0.2, 0.25) is 0 Å². The number of anilines is 2. The number of nitrogens with zero attached hydrogens (tertiary/aromatic N) is 1. The first-order valence-corrected chi connectivity index (χ1v) is 9.96. The molecule has 1 heterocycles. The molecule has 0 saturated heterocycles. The standard InChI is InChI=1S/C13H10I3N3OS/c14-7-3-9(15)13(10(16)4-7)19-12(20)6-21-8-1-2-11(17)18-5-8/h1-5H,6H2,(H2,17,18)(H,19,20). The van der Waals surface area contributed by atoms with Crippen molar-refractivity contribution in [2.75, 3.05) is 16.8 Å². The summed E-state index contributed by atoms with van der Waals surface area (Å²) in [7, 11) is 0. The quantitative estimate of drug-likeness (QED) is 0.390. The van der Waals surface area contributed by atoms with Crippen molar-refractivity contribution in [1.29, 1.82) is 0 Å². The molecule has 0 aliphatic heterocycles. The average Bonchev–Trinajstić information content (AvgIpc) is 2.42. The molecule has 0 radical (unpaired) electrons. The van der Waals surface area contributed by atoms with E-state index in [4.69, 9.17) is 5.73 Å². The Balaban J connectivity index is 1.97. The number of thioether (sulfide) groups is 1. The van der Waals surface area contributed by atoms with Gasteiger partial charge in [0.1, 0.15) is 5.82 Å². The Labute approximate surface area is 167 Å². The highest BCUT2D eigenvalue weighted by molar-refractivity contribution is 14.1. The first-order valence-electron chi connectivity index (χ1n) is 5.74. The minimum Gasteiger partial charge on any atom is -0.384 e. The van der Waals surface area contributed by atoms with Gasteiger partial charge in [-0.3, -0.25) is 4.79 Å². The monoisotopic (exact) mass is 637 g/mol. The van der Waals surface area contributed by atoms with E-state index in [2.05, 4.69) is 78.1 Å². The molecule has 2 rings (SSSR count). The molecule has 0 aliphatic carbocycles. The molecule has 0 unspecified atom stereocenters. The van der Waals surface area contributed by atoms with Gasteiger partial charge in [-0.05, 0) is 92.0 Å². The van der Waals surface area contributed by atoms with Crippen molar-refractivity contribution < 1.29 is 4.79 Å². The third-order valence-electron chi connectivity index (χ3n) is 2.40. The number of carbonyl (C=O) groups excluding carboxylic acids is 1. The highest BCUT2D eigenvalue weighted by Gasteiger charge is 2.11. The van der Waals surface area contributed by atoms with Gasteiger partial charge in [0, 0.05) is 21.8 Å². The van der Waals surface area contributed by atoms with Crippen molar-refractivity contribution in [3.8, 4) is 0 Å². The number of amides is 1. The van der Waals surface area contributed by atoms with Crippen LogP contribution >= 0.6 is 79.5 Å². The van der Waals surface area contributed by atoms with Crippen molar-refractivity contribution in [3.63, 3.8) is 0 Å². The second kappa shape index (κ2) is 8.15. The summed E-state index contributed by atoms with van der Waals surface area (Å²) in [5.74, 6) is 0.782. The molecule has 3 N–H and O–H groups in total. The van der Waals surface area contributed by atoms with Gasteiger partial charge in [0.05, 0.1) is 11.4 Å². The van der Waals surface area contributed by atoms with Crippen LogP contribution in [-0.2, 0) is 4.79 Å². The van der Waals surface area contributed by atoms with Gasteiger partial charge >= 0.3 is 0 Å². The summed E-state index contributed by atoms with van der Waals surface area (Å²) in [5, 5.41) is 2.96. The fourth-order valence-corrected chi connectivity index (χ4v) is 5.98. The summed E-state index contributed by atoms with van der Waals surface area (Å²) in [4.78, 5) is 17.0. The highest BCUT2D eigenvalue weighted by Crippen LogP contribution is 2.27. The predicted molar refractivity (Wildman–Crippen MR) is 113 cm³/mol. The maximum atomic E-state index is 12.1. The highest BCUT2D eigenvalue weighted by atomic mass is 127. The summed E-state index contributed by atoms with van der Waals surface area (Å²) >= 11 is 8.17. The Morgan fingerprint density at radius 3 is 2.48 bits per heavy atom. The van der Waals surface area contributed by atoms with E-state index < -0.39 is 0 Å². The fourth-order valence-electron chi connectivity index (χ4n) is 1.46. The number of nitrogens with two attached hydrogens (primary N) is 1. The number of nitrogen functional groups attached to an aromatic ring is 1. The van der Waals surface area contributed by atoms with Crippen LogP contribution in [0.4, 0.5) is 11.5 Å². The number of nitrogens with one attached hydrogen (secondary N) is 1. The van der Waals surface area contributed by atoms with Gasteiger partial charge in [0.25, 0.3) is 0 Å². The summed E-state index contributed by atoms with van der Waals surface area (Å²) in [5.41, 5.74) is 6.40. The van der Waals surface area contributed by atoms with Gasteiger partial charge in [-0.2, -0.15) is 0 Å². The number of pyridine rings is 1. The van der Waals surface area contributed by atoms with Crippen molar-refractivity contribution in [3.05, 3.63) is 41.2 Å². The molecule has 110 valence electrons. The zero-order chi connectivity index (χ0) is 15.4. The largest absolute Gasteiger partial charge is 0.384 e. The Morgan fingerprint density at radius 1 is 1.24 bits per heavy atom. The average molecular weight is 637 g/mol. The van der Waals surface area contributed by atoms with Crippen LogP contribution in [0.15, 0.2) is 35.4 Å². The predicted octanol–water partition coefficient (Wildman–Crippen LogP) is 4.21. The molecule has 0 saturated carbocycles. The van der Waals surface area contributed by atoms with E-state index in [0.29, 0.717) is 11.6 Å². The number of aromatic nitrogens is 1. The zero-order valence-electron chi connectivity index (χ0n) is 10.6. The van der Waals surface area contributed by atoms with Crippen molar-refractivity contribution in [2.24, 2.45) is 0 Å². The van der Waals surface area contributed by atoms with Gasteiger partial charge in [0.2, 0.25) is 5.91 Å². The lowest BCUT2D eigenvalue weighted by Gasteiger charge is -2.10. The van der Waals surface area contributed by atoms with E-state index in [1.165, 1.54) is 11.8 Å². The molecule has 8 heteroatoms. The topological polar surface area (TPSA) is 68.0 Å². The number of carbonyl (C=O) groups is 1. The minimum atomic E-state index is -0.0335. The Bertz CT molecular complexity index is 641. The molecule has 4 nitrogen and oxygen atoms in total. The van der Waals surface area contributed by atoms with E-state index in [0.717, 1.165) is 21.3 Å². The Hall–Kier alpha value is 0.180. The SMILES string of the molecule is Nc1ccc(SCC(=O)Nc2c(I)cc(I)cc2I)cn1. The van der Waals surface area contributed by atoms with E-state index >= 15 is 0 Å². The summed E-state index contributed by atoms with van der Waals surface area (Å²) in [6.07, 6.45) is 1.67. The number of rotatable bonds is 4.